The van der Waals surface area contributed by atoms with E-state index in [0.29, 0.717) is 24.4 Å². The van der Waals surface area contributed by atoms with Crippen LogP contribution in [0.3, 0.4) is 0 Å². The first-order chi connectivity index (χ1) is 9.16. The molecule has 0 aromatic carbocycles. The van der Waals surface area contributed by atoms with Crippen LogP contribution in [-0.2, 0) is 4.79 Å². The molecular formula is C15H29N3O. The van der Waals surface area contributed by atoms with Gasteiger partial charge in [0.1, 0.15) is 0 Å². The average Bonchev–Trinajstić information content (AvgIpc) is 2.66. The standard InChI is InChI=1S/C15H29N3O/c1-13-12-17(2)10-7-14(13)16-11-15(19)18-8-5-3-4-6-9-18/h13-14,16H,3-12H2,1-2H3. The summed E-state index contributed by atoms with van der Waals surface area (Å²) < 4.78 is 0. The van der Waals surface area contributed by atoms with E-state index in [-0.39, 0.29) is 0 Å². The van der Waals surface area contributed by atoms with Gasteiger partial charge in [0.25, 0.3) is 0 Å². The number of nitrogens with zero attached hydrogens (tertiary/aromatic N) is 2. The van der Waals surface area contributed by atoms with Crippen molar-refractivity contribution in [2.45, 2.75) is 45.1 Å². The summed E-state index contributed by atoms with van der Waals surface area (Å²) in [5, 5.41) is 3.49. The van der Waals surface area contributed by atoms with Crippen molar-refractivity contribution in [1.82, 2.24) is 15.1 Å². The molecule has 19 heavy (non-hydrogen) atoms. The summed E-state index contributed by atoms with van der Waals surface area (Å²) in [7, 11) is 2.18. The molecule has 0 aliphatic carbocycles. The summed E-state index contributed by atoms with van der Waals surface area (Å²) in [6, 6.07) is 0.507. The number of carbonyl (C=O) groups is 1. The van der Waals surface area contributed by atoms with Crippen molar-refractivity contribution in [2.24, 2.45) is 5.92 Å². The molecule has 2 unspecified atom stereocenters. The van der Waals surface area contributed by atoms with Crippen LogP contribution in [-0.4, -0.2) is 61.5 Å². The molecule has 2 aliphatic rings. The Balaban J connectivity index is 1.73. The predicted octanol–water partition coefficient (Wildman–Crippen LogP) is 1.32. The van der Waals surface area contributed by atoms with Crippen LogP contribution in [0.1, 0.15) is 39.0 Å². The second-order valence-corrected chi connectivity index (χ2v) is 6.31. The summed E-state index contributed by atoms with van der Waals surface area (Å²) in [4.78, 5) is 16.6. The Kier molecular flexibility index (Phi) is 5.64. The van der Waals surface area contributed by atoms with Crippen LogP contribution in [0.4, 0.5) is 0 Å². The van der Waals surface area contributed by atoms with Crippen molar-refractivity contribution in [2.75, 3.05) is 39.8 Å². The largest absolute Gasteiger partial charge is 0.342 e. The van der Waals surface area contributed by atoms with E-state index < -0.39 is 0 Å². The second-order valence-electron chi connectivity index (χ2n) is 6.31. The molecule has 2 aliphatic heterocycles. The first-order valence-electron chi connectivity index (χ1n) is 7.86. The lowest BCUT2D eigenvalue weighted by molar-refractivity contribution is -0.130. The second kappa shape index (κ2) is 7.25. The van der Waals surface area contributed by atoms with Gasteiger partial charge in [-0.05, 0) is 38.8 Å². The van der Waals surface area contributed by atoms with Gasteiger partial charge in [-0.25, -0.2) is 0 Å². The fourth-order valence-electron chi connectivity index (χ4n) is 3.31. The Morgan fingerprint density at radius 1 is 1.16 bits per heavy atom. The minimum absolute atomic E-state index is 0.299. The maximum atomic E-state index is 12.2. The molecule has 0 bridgehead atoms. The molecule has 2 heterocycles. The van der Waals surface area contributed by atoms with Gasteiger partial charge < -0.3 is 15.1 Å². The van der Waals surface area contributed by atoms with Crippen LogP contribution < -0.4 is 5.32 Å². The van der Waals surface area contributed by atoms with Gasteiger partial charge in [0.05, 0.1) is 6.54 Å². The number of rotatable bonds is 3. The Hall–Kier alpha value is -0.610. The number of nitrogens with one attached hydrogen (secondary N) is 1. The number of likely N-dealkylation sites (tertiary alicyclic amines) is 2. The minimum Gasteiger partial charge on any atom is -0.342 e. The lowest BCUT2D eigenvalue weighted by Crippen LogP contribution is -2.50. The van der Waals surface area contributed by atoms with Gasteiger partial charge in [0.2, 0.25) is 5.91 Å². The zero-order valence-corrected chi connectivity index (χ0v) is 12.5. The summed E-state index contributed by atoms with van der Waals surface area (Å²) in [5.41, 5.74) is 0. The van der Waals surface area contributed by atoms with Crippen molar-refractivity contribution >= 4 is 5.91 Å². The Bertz CT molecular complexity index is 287. The first kappa shape index (κ1) is 14.8. The first-order valence-corrected chi connectivity index (χ1v) is 7.86. The fourth-order valence-corrected chi connectivity index (χ4v) is 3.31. The van der Waals surface area contributed by atoms with Gasteiger partial charge in [-0.3, -0.25) is 4.79 Å². The molecule has 0 aromatic rings. The number of carbonyl (C=O) groups excluding carboxylic acids is 1. The molecule has 2 fully saturated rings. The molecule has 0 radical (unpaired) electrons. The lowest BCUT2D eigenvalue weighted by atomic mass is 9.94. The van der Waals surface area contributed by atoms with Crippen molar-refractivity contribution in [3.8, 4) is 0 Å². The molecule has 4 heteroatoms. The third kappa shape index (κ3) is 4.46. The monoisotopic (exact) mass is 267 g/mol. The molecule has 2 saturated heterocycles. The smallest absolute Gasteiger partial charge is 0.236 e. The van der Waals surface area contributed by atoms with E-state index in [1.807, 2.05) is 0 Å². The third-order valence-electron chi connectivity index (χ3n) is 4.58. The van der Waals surface area contributed by atoms with E-state index in [0.717, 1.165) is 32.6 Å². The molecular weight excluding hydrogens is 238 g/mol. The van der Waals surface area contributed by atoms with Crippen LogP contribution in [0.25, 0.3) is 0 Å². The van der Waals surface area contributed by atoms with E-state index in [1.165, 1.54) is 25.7 Å². The third-order valence-corrected chi connectivity index (χ3v) is 4.58. The van der Waals surface area contributed by atoms with E-state index in [4.69, 9.17) is 0 Å². The lowest BCUT2D eigenvalue weighted by Gasteiger charge is -2.35. The topological polar surface area (TPSA) is 35.6 Å². The highest BCUT2D eigenvalue weighted by molar-refractivity contribution is 5.78. The summed E-state index contributed by atoms with van der Waals surface area (Å²) in [6.45, 7) is 7.00. The minimum atomic E-state index is 0.299. The van der Waals surface area contributed by atoms with Gasteiger partial charge >= 0.3 is 0 Å². The van der Waals surface area contributed by atoms with E-state index in [1.54, 1.807) is 0 Å². The van der Waals surface area contributed by atoms with Crippen LogP contribution in [0.5, 0.6) is 0 Å². The van der Waals surface area contributed by atoms with Crippen molar-refractivity contribution < 1.29 is 4.79 Å². The highest BCUT2D eigenvalue weighted by atomic mass is 16.2. The molecule has 2 atom stereocenters. The SMILES string of the molecule is CC1CN(C)CCC1NCC(=O)N1CCCCCC1. The van der Waals surface area contributed by atoms with E-state index in [2.05, 4.69) is 29.1 Å². The van der Waals surface area contributed by atoms with Crippen LogP contribution in [0.15, 0.2) is 0 Å². The molecule has 1 N–H and O–H groups in total. The maximum absolute atomic E-state index is 12.2. The number of hydrogen-bond donors (Lipinski definition) is 1. The normalized spacial score (nSPS) is 30.1. The van der Waals surface area contributed by atoms with Gasteiger partial charge in [-0.2, -0.15) is 0 Å². The zero-order valence-electron chi connectivity index (χ0n) is 12.5. The summed E-state index contributed by atoms with van der Waals surface area (Å²) in [6.07, 6.45) is 6.07. The molecule has 4 nitrogen and oxygen atoms in total. The van der Waals surface area contributed by atoms with Crippen molar-refractivity contribution in [3.05, 3.63) is 0 Å². The van der Waals surface area contributed by atoms with Crippen LogP contribution >= 0.6 is 0 Å². The van der Waals surface area contributed by atoms with Crippen molar-refractivity contribution in [1.29, 1.82) is 0 Å². The van der Waals surface area contributed by atoms with Gasteiger partial charge in [0, 0.05) is 25.7 Å². The predicted molar refractivity (Wildman–Crippen MR) is 78.1 cm³/mol. The molecule has 1 amide bonds. The van der Waals surface area contributed by atoms with Crippen molar-refractivity contribution in [3.63, 3.8) is 0 Å². The molecule has 110 valence electrons. The van der Waals surface area contributed by atoms with Crippen LogP contribution in [0, 0.1) is 5.92 Å². The summed E-state index contributed by atoms with van der Waals surface area (Å²) >= 11 is 0. The van der Waals surface area contributed by atoms with E-state index >= 15 is 0 Å². The van der Waals surface area contributed by atoms with E-state index in [9.17, 15) is 4.79 Å². The zero-order chi connectivity index (χ0) is 13.7. The fraction of sp³-hybridized carbons (Fsp3) is 0.933. The Labute approximate surface area is 117 Å². The Morgan fingerprint density at radius 2 is 1.84 bits per heavy atom. The number of amides is 1. The summed E-state index contributed by atoms with van der Waals surface area (Å²) in [5.74, 6) is 0.934. The molecule has 0 spiro atoms. The highest BCUT2D eigenvalue weighted by Crippen LogP contribution is 2.15. The highest BCUT2D eigenvalue weighted by Gasteiger charge is 2.25. The van der Waals surface area contributed by atoms with Gasteiger partial charge in [0.15, 0.2) is 0 Å². The maximum Gasteiger partial charge on any atom is 0.236 e. The van der Waals surface area contributed by atoms with Gasteiger partial charge in [-0.1, -0.05) is 19.8 Å². The Morgan fingerprint density at radius 3 is 2.47 bits per heavy atom. The molecule has 2 rings (SSSR count). The molecule has 0 aromatic heterocycles. The quantitative estimate of drug-likeness (QED) is 0.838. The molecule has 0 saturated carbocycles. The number of hydrogen-bond acceptors (Lipinski definition) is 3. The van der Waals surface area contributed by atoms with Gasteiger partial charge in [-0.15, -0.1) is 0 Å². The number of piperidine rings is 1. The van der Waals surface area contributed by atoms with Crippen LogP contribution in [0.2, 0.25) is 0 Å². The average molecular weight is 267 g/mol.